The van der Waals surface area contributed by atoms with Gasteiger partial charge in [-0.05, 0) is 24.1 Å². The van der Waals surface area contributed by atoms with Crippen LogP contribution in [0.25, 0.3) is 11.3 Å². The molecule has 0 unspecified atom stereocenters. The van der Waals surface area contributed by atoms with Crippen molar-refractivity contribution in [1.29, 1.82) is 0 Å². The van der Waals surface area contributed by atoms with Gasteiger partial charge in [-0.15, -0.1) is 11.3 Å². The highest BCUT2D eigenvalue weighted by Gasteiger charge is 2.11. The molecule has 2 aromatic heterocycles. The van der Waals surface area contributed by atoms with Gasteiger partial charge in [0.15, 0.2) is 10.9 Å². The number of thiazole rings is 1. The molecule has 0 saturated heterocycles. The highest BCUT2D eigenvalue weighted by Crippen LogP contribution is 2.25. The van der Waals surface area contributed by atoms with Gasteiger partial charge in [0.1, 0.15) is 0 Å². The first-order valence-corrected chi connectivity index (χ1v) is 9.20. The maximum atomic E-state index is 12.0. The van der Waals surface area contributed by atoms with E-state index < -0.39 is 0 Å². The first-order chi connectivity index (χ1) is 12.7. The lowest BCUT2D eigenvalue weighted by atomic mass is 10.1. The zero-order chi connectivity index (χ0) is 18.4. The number of rotatable bonds is 7. The van der Waals surface area contributed by atoms with Gasteiger partial charge in [-0.25, -0.2) is 4.98 Å². The predicted octanol–water partition coefficient (Wildman–Crippen LogP) is 3.72. The van der Waals surface area contributed by atoms with Crippen LogP contribution in [-0.4, -0.2) is 23.3 Å². The molecule has 0 fully saturated rings. The van der Waals surface area contributed by atoms with Crippen LogP contribution in [0.1, 0.15) is 29.5 Å². The summed E-state index contributed by atoms with van der Waals surface area (Å²) in [7, 11) is 0. The van der Waals surface area contributed by atoms with E-state index in [0.29, 0.717) is 5.13 Å². The maximum Gasteiger partial charge on any atom is 0.286 e. The summed E-state index contributed by atoms with van der Waals surface area (Å²) in [6.45, 7) is 2.34. The van der Waals surface area contributed by atoms with Crippen molar-refractivity contribution < 1.29 is 14.0 Å². The predicted molar refractivity (Wildman–Crippen MR) is 101 cm³/mol. The number of carbonyl (C=O) groups is 2. The van der Waals surface area contributed by atoms with Crippen molar-refractivity contribution in [3.63, 3.8) is 0 Å². The summed E-state index contributed by atoms with van der Waals surface area (Å²) < 4.78 is 4.99. The van der Waals surface area contributed by atoms with Crippen LogP contribution in [0.5, 0.6) is 0 Å². The summed E-state index contributed by atoms with van der Waals surface area (Å²) in [5.74, 6) is -0.314. The van der Waals surface area contributed by atoms with E-state index in [2.05, 4.69) is 34.7 Å². The van der Waals surface area contributed by atoms with Gasteiger partial charge in [-0.1, -0.05) is 31.2 Å². The molecule has 0 bridgehead atoms. The van der Waals surface area contributed by atoms with Gasteiger partial charge in [-0.2, -0.15) is 0 Å². The molecule has 3 aromatic rings. The van der Waals surface area contributed by atoms with Gasteiger partial charge >= 0.3 is 0 Å². The van der Waals surface area contributed by atoms with E-state index in [4.69, 9.17) is 4.42 Å². The fourth-order valence-electron chi connectivity index (χ4n) is 2.34. The highest BCUT2D eigenvalue weighted by atomic mass is 32.1. The van der Waals surface area contributed by atoms with Crippen LogP contribution in [0.3, 0.4) is 0 Å². The Morgan fingerprint density at radius 1 is 1.19 bits per heavy atom. The number of carbonyl (C=O) groups excluding carboxylic acids is 2. The van der Waals surface area contributed by atoms with Crippen LogP contribution in [0.15, 0.2) is 52.5 Å². The second-order valence-electron chi connectivity index (χ2n) is 5.62. The summed E-state index contributed by atoms with van der Waals surface area (Å²) in [6.07, 6.45) is 2.58. The van der Waals surface area contributed by atoms with Crippen LogP contribution < -0.4 is 10.6 Å². The lowest BCUT2D eigenvalue weighted by molar-refractivity contribution is -0.116. The lowest BCUT2D eigenvalue weighted by Gasteiger charge is -2.03. The van der Waals surface area contributed by atoms with E-state index in [1.165, 1.54) is 23.2 Å². The number of benzene rings is 1. The molecular weight excluding hydrogens is 350 g/mol. The minimum Gasteiger partial charge on any atom is -0.459 e. The molecule has 0 radical (unpaired) electrons. The molecule has 134 valence electrons. The SMILES string of the molecule is CCc1ccc(-c2csc(NC(=O)CCNC(=O)c3ccco3)n2)cc1. The summed E-state index contributed by atoms with van der Waals surface area (Å²) >= 11 is 1.38. The smallest absolute Gasteiger partial charge is 0.286 e. The molecule has 0 spiro atoms. The summed E-state index contributed by atoms with van der Waals surface area (Å²) in [5, 5.41) is 7.85. The fourth-order valence-corrected chi connectivity index (χ4v) is 3.08. The number of nitrogens with one attached hydrogen (secondary N) is 2. The van der Waals surface area contributed by atoms with Crippen LogP contribution in [0.2, 0.25) is 0 Å². The summed E-state index contributed by atoms with van der Waals surface area (Å²) in [4.78, 5) is 28.1. The number of nitrogens with zero attached hydrogens (tertiary/aromatic N) is 1. The van der Waals surface area contributed by atoms with Gasteiger partial charge in [-0.3, -0.25) is 9.59 Å². The molecule has 0 saturated carbocycles. The Bertz CT molecular complexity index is 870. The quantitative estimate of drug-likeness (QED) is 0.665. The first-order valence-electron chi connectivity index (χ1n) is 8.32. The number of amides is 2. The zero-order valence-electron chi connectivity index (χ0n) is 14.3. The molecule has 26 heavy (non-hydrogen) atoms. The fraction of sp³-hybridized carbons (Fsp3) is 0.211. The average molecular weight is 369 g/mol. The third kappa shape index (κ3) is 4.58. The third-order valence-corrected chi connectivity index (χ3v) is 4.55. The standard InChI is InChI=1S/C19H19N3O3S/c1-2-13-5-7-14(8-6-13)15-12-26-19(21-15)22-17(23)9-10-20-18(24)16-4-3-11-25-16/h3-8,11-12H,2,9-10H2,1H3,(H,20,24)(H,21,22,23). The lowest BCUT2D eigenvalue weighted by Crippen LogP contribution is -2.27. The second-order valence-corrected chi connectivity index (χ2v) is 6.48. The van der Waals surface area contributed by atoms with Gasteiger partial charge in [0.05, 0.1) is 12.0 Å². The number of anilines is 1. The van der Waals surface area contributed by atoms with Crippen molar-refractivity contribution in [3.8, 4) is 11.3 Å². The van der Waals surface area contributed by atoms with E-state index in [9.17, 15) is 9.59 Å². The number of aromatic nitrogens is 1. The van der Waals surface area contributed by atoms with E-state index in [1.54, 1.807) is 12.1 Å². The highest BCUT2D eigenvalue weighted by molar-refractivity contribution is 7.14. The average Bonchev–Trinajstić information content (AvgIpc) is 3.34. The summed E-state index contributed by atoms with van der Waals surface area (Å²) in [6, 6.07) is 11.4. The molecule has 1 aromatic carbocycles. The minimum atomic E-state index is -0.338. The molecule has 2 N–H and O–H groups in total. The van der Waals surface area contributed by atoms with E-state index >= 15 is 0 Å². The Hall–Kier alpha value is -2.93. The third-order valence-electron chi connectivity index (χ3n) is 3.79. The van der Waals surface area contributed by atoms with Crippen LogP contribution >= 0.6 is 11.3 Å². The van der Waals surface area contributed by atoms with Gasteiger partial charge < -0.3 is 15.1 Å². The molecule has 7 heteroatoms. The van der Waals surface area contributed by atoms with E-state index in [0.717, 1.165) is 17.7 Å². The van der Waals surface area contributed by atoms with Crippen LogP contribution in [0.4, 0.5) is 5.13 Å². The number of hydrogen-bond acceptors (Lipinski definition) is 5. The second kappa shape index (κ2) is 8.44. The molecule has 0 aliphatic carbocycles. The molecular formula is C19H19N3O3S. The number of aryl methyl sites for hydroxylation is 1. The van der Waals surface area contributed by atoms with Gasteiger partial charge in [0.2, 0.25) is 5.91 Å². The molecule has 2 heterocycles. The summed E-state index contributed by atoms with van der Waals surface area (Å²) in [5.41, 5.74) is 3.12. The molecule has 2 amide bonds. The minimum absolute atomic E-state index is 0.159. The Morgan fingerprint density at radius 3 is 2.69 bits per heavy atom. The van der Waals surface area contributed by atoms with Crippen LogP contribution in [0, 0.1) is 0 Å². The molecule has 0 aliphatic heterocycles. The van der Waals surface area contributed by atoms with E-state index in [-0.39, 0.29) is 30.5 Å². The molecule has 6 nitrogen and oxygen atoms in total. The normalized spacial score (nSPS) is 10.5. The zero-order valence-corrected chi connectivity index (χ0v) is 15.1. The topological polar surface area (TPSA) is 84.2 Å². The first kappa shape index (κ1) is 17.9. The van der Waals surface area contributed by atoms with Crippen molar-refractivity contribution in [2.75, 3.05) is 11.9 Å². The Morgan fingerprint density at radius 2 is 2.00 bits per heavy atom. The van der Waals surface area contributed by atoms with Crippen LogP contribution in [-0.2, 0) is 11.2 Å². The Kier molecular flexibility index (Phi) is 5.80. The monoisotopic (exact) mass is 369 g/mol. The van der Waals surface area contributed by atoms with Gasteiger partial charge in [0.25, 0.3) is 5.91 Å². The molecule has 3 rings (SSSR count). The van der Waals surface area contributed by atoms with Crippen molar-refractivity contribution >= 4 is 28.3 Å². The number of hydrogen-bond donors (Lipinski definition) is 2. The maximum absolute atomic E-state index is 12.0. The molecule has 0 aliphatic rings. The Labute approximate surface area is 155 Å². The van der Waals surface area contributed by atoms with E-state index in [1.807, 2.05) is 17.5 Å². The Balaban J connectivity index is 1.48. The molecule has 0 atom stereocenters. The largest absolute Gasteiger partial charge is 0.459 e. The van der Waals surface area contributed by atoms with Crippen molar-refractivity contribution in [1.82, 2.24) is 10.3 Å². The number of furan rings is 1. The van der Waals surface area contributed by atoms with Crippen molar-refractivity contribution in [2.24, 2.45) is 0 Å². The van der Waals surface area contributed by atoms with Crippen molar-refractivity contribution in [2.45, 2.75) is 19.8 Å². The van der Waals surface area contributed by atoms with Gasteiger partial charge in [0, 0.05) is 23.9 Å². The van der Waals surface area contributed by atoms with Crippen molar-refractivity contribution in [3.05, 3.63) is 59.4 Å².